The van der Waals surface area contributed by atoms with Crippen molar-refractivity contribution < 1.29 is 23.5 Å². The first kappa shape index (κ1) is 17.7. The topological polar surface area (TPSA) is 64.6 Å². The molecule has 0 aliphatic heterocycles. The molecule has 0 unspecified atom stereocenters. The number of halogens is 2. The van der Waals surface area contributed by atoms with Gasteiger partial charge < -0.3 is 14.8 Å². The molecule has 5 nitrogen and oxygen atoms in total. The molecule has 0 spiro atoms. The van der Waals surface area contributed by atoms with Gasteiger partial charge in [-0.25, -0.2) is 9.18 Å². The number of methoxy groups -OCH3 is 2. The summed E-state index contributed by atoms with van der Waals surface area (Å²) >= 11 is 5.91. The number of esters is 1. The Balaban J connectivity index is 2.24. The second-order valence-corrected chi connectivity index (χ2v) is 5.24. The highest BCUT2D eigenvalue weighted by atomic mass is 35.5. The summed E-state index contributed by atoms with van der Waals surface area (Å²) in [5, 5.41) is 2.72. The van der Waals surface area contributed by atoms with Gasteiger partial charge in [0.15, 0.2) is 0 Å². The van der Waals surface area contributed by atoms with E-state index in [-0.39, 0.29) is 28.3 Å². The van der Waals surface area contributed by atoms with Crippen LogP contribution < -0.4 is 10.1 Å². The van der Waals surface area contributed by atoms with Gasteiger partial charge in [0.1, 0.15) is 11.6 Å². The maximum Gasteiger partial charge on any atom is 0.340 e. The molecule has 0 saturated carbocycles. The van der Waals surface area contributed by atoms with Crippen molar-refractivity contribution in [3.63, 3.8) is 0 Å². The average Bonchev–Trinajstić information content (AvgIpc) is 2.58. The standard InChI is InChI=1S/C17H15ClFNO4/c1-23-10-6-7-15(12(8-10)17(22)24-2)20-16(21)9-11-13(18)4-3-5-14(11)19/h3-8H,9H2,1-2H3,(H,20,21). The van der Waals surface area contributed by atoms with Crippen LogP contribution in [-0.2, 0) is 16.0 Å². The molecule has 1 N–H and O–H groups in total. The third-order valence-electron chi connectivity index (χ3n) is 3.31. The van der Waals surface area contributed by atoms with Gasteiger partial charge in [-0.05, 0) is 30.3 Å². The molecule has 0 radical (unpaired) electrons. The van der Waals surface area contributed by atoms with Gasteiger partial charge in [0.05, 0.1) is 31.9 Å². The third-order valence-corrected chi connectivity index (χ3v) is 3.66. The first-order valence-corrected chi connectivity index (χ1v) is 7.33. The van der Waals surface area contributed by atoms with Gasteiger partial charge in [0.25, 0.3) is 0 Å². The number of anilines is 1. The van der Waals surface area contributed by atoms with Gasteiger partial charge in [-0.15, -0.1) is 0 Å². The minimum atomic E-state index is -0.631. The predicted octanol–water partition coefficient (Wildman–Crippen LogP) is 3.46. The van der Waals surface area contributed by atoms with Gasteiger partial charge in [-0.1, -0.05) is 17.7 Å². The van der Waals surface area contributed by atoms with Crippen LogP contribution in [0.25, 0.3) is 0 Å². The van der Waals surface area contributed by atoms with E-state index in [0.29, 0.717) is 5.75 Å². The number of ether oxygens (including phenoxy) is 2. The molecule has 126 valence electrons. The summed E-state index contributed by atoms with van der Waals surface area (Å²) in [7, 11) is 2.68. The summed E-state index contributed by atoms with van der Waals surface area (Å²) in [5.74, 6) is -1.28. The number of benzene rings is 2. The SMILES string of the molecule is COC(=O)c1cc(OC)ccc1NC(=O)Cc1c(F)cccc1Cl. The van der Waals surface area contributed by atoms with Crippen LogP contribution in [0.15, 0.2) is 36.4 Å². The zero-order valence-corrected chi connectivity index (χ0v) is 13.8. The van der Waals surface area contributed by atoms with Crippen molar-refractivity contribution in [1.29, 1.82) is 0 Å². The van der Waals surface area contributed by atoms with Crippen LogP contribution in [0.2, 0.25) is 5.02 Å². The summed E-state index contributed by atoms with van der Waals surface area (Å²) in [6.45, 7) is 0. The van der Waals surface area contributed by atoms with E-state index >= 15 is 0 Å². The molecule has 0 bridgehead atoms. The van der Waals surface area contributed by atoms with E-state index in [0.717, 1.165) is 0 Å². The molecule has 0 aliphatic rings. The molecule has 0 aliphatic carbocycles. The van der Waals surface area contributed by atoms with Crippen LogP contribution in [-0.4, -0.2) is 26.1 Å². The number of rotatable bonds is 5. The summed E-state index contributed by atoms with van der Waals surface area (Å²) < 4.78 is 23.5. The van der Waals surface area contributed by atoms with E-state index < -0.39 is 17.7 Å². The Bertz CT molecular complexity index is 759. The van der Waals surface area contributed by atoms with Gasteiger partial charge in [0, 0.05) is 10.6 Å². The maximum absolute atomic E-state index is 13.8. The Morgan fingerprint density at radius 1 is 1.21 bits per heavy atom. The summed E-state index contributed by atoms with van der Waals surface area (Å²) in [5.41, 5.74) is 0.453. The lowest BCUT2D eigenvalue weighted by molar-refractivity contribution is -0.115. The summed E-state index contributed by atoms with van der Waals surface area (Å²) in [6.07, 6.45) is -0.266. The van der Waals surface area contributed by atoms with Crippen molar-refractivity contribution in [2.45, 2.75) is 6.42 Å². The van der Waals surface area contributed by atoms with Crippen molar-refractivity contribution in [1.82, 2.24) is 0 Å². The molecule has 0 fully saturated rings. The van der Waals surface area contributed by atoms with Crippen LogP contribution in [0.3, 0.4) is 0 Å². The molecule has 0 heterocycles. The van der Waals surface area contributed by atoms with E-state index in [1.807, 2.05) is 0 Å². The summed E-state index contributed by atoms with van der Waals surface area (Å²) in [4.78, 5) is 24.0. The van der Waals surface area contributed by atoms with Crippen LogP contribution in [0, 0.1) is 5.82 Å². The third kappa shape index (κ3) is 4.02. The number of carbonyl (C=O) groups is 2. The lowest BCUT2D eigenvalue weighted by Gasteiger charge is -2.12. The van der Waals surface area contributed by atoms with Crippen LogP contribution in [0.4, 0.5) is 10.1 Å². The van der Waals surface area contributed by atoms with Crippen LogP contribution in [0.1, 0.15) is 15.9 Å². The second kappa shape index (κ2) is 7.79. The van der Waals surface area contributed by atoms with Gasteiger partial charge >= 0.3 is 5.97 Å². The van der Waals surface area contributed by atoms with Crippen LogP contribution >= 0.6 is 11.6 Å². The number of hydrogen-bond donors (Lipinski definition) is 1. The van der Waals surface area contributed by atoms with Gasteiger partial charge in [-0.3, -0.25) is 4.79 Å². The Kier molecular flexibility index (Phi) is 5.76. The molecular formula is C17H15ClFNO4. The fraction of sp³-hybridized carbons (Fsp3) is 0.176. The van der Waals surface area contributed by atoms with Crippen molar-refractivity contribution in [2.75, 3.05) is 19.5 Å². The fourth-order valence-electron chi connectivity index (χ4n) is 2.09. The smallest absolute Gasteiger partial charge is 0.340 e. The Hall–Kier alpha value is -2.60. The molecule has 1 amide bonds. The fourth-order valence-corrected chi connectivity index (χ4v) is 2.32. The quantitative estimate of drug-likeness (QED) is 0.838. The summed E-state index contributed by atoms with van der Waals surface area (Å²) in [6, 6.07) is 8.71. The zero-order valence-electron chi connectivity index (χ0n) is 13.1. The highest BCUT2D eigenvalue weighted by molar-refractivity contribution is 6.31. The molecule has 0 atom stereocenters. The van der Waals surface area contributed by atoms with Crippen molar-refractivity contribution in [2.24, 2.45) is 0 Å². The van der Waals surface area contributed by atoms with Gasteiger partial charge in [-0.2, -0.15) is 0 Å². The lowest BCUT2D eigenvalue weighted by Crippen LogP contribution is -2.18. The van der Waals surface area contributed by atoms with E-state index in [4.69, 9.17) is 16.3 Å². The first-order chi connectivity index (χ1) is 11.5. The maximum atomic E-state index is 13.8. The van der Waals surface area contributed by atoms with E-state index in [2.05, 4.69) is 10.1 Å². The van der Waals surface area contributed by atoms with E-state index in [1.54, 1.807) is 6.07 Å². The minimum Gasteiger partial charge on any atom is -0.497 e. The first-order valence-electron chi connectivity index (χ1n) is 6.95. The Morgan fingerprint density at radius 3 is 2.58 bits per heavy atom. The van der Waals surface area contributed by atoms with Crippen molar-refractivity contribution >= 4 is 29.2 Å². The number of nitrogens with one attached hydrogen (secondary N) is 1. The minimum absolute atomic E-state index is 0.0878. The average molecular weight is 352 g/mol. The Labute approximate surface area is 143 Å². The van der Waals surface area contributed by atoms with E-state index in [1.165, 1.54) is 44.6 Å². The molecule has 24 heavy (non-hydrogen) atoms. The number of carbonyl (C=O) groups excluding carboxylic acids is 2. The molecule has 2 aromatic carbocycles. The van der Waals surface area contributed by atoms with Crippen molar-refractivity contribution in [3.05, 3.63) is 58.4 Å². The van der Waals surface area contributed by atoms with Crippen molar-refractivity contribution in [3.8, 4) is 5.75 Å². The molecule has 2 aromatic rings. The second-order valence-electron chi connectivity index (χ2n) is 4.83. The molecule has 2 rings (SSSR count). The van der Waals surface area contributed by atoms with E-state index in [9.17, 15) is 14.0 Å². The number of amides is 1. The predicted molar refractivity (Wildman–Crippen MR) is 88.1 cm³/mol. The molecule has 7 heteroatoms. The normalized spacial score (nSPS) is 10.2. The molecule has 0 aromatic heterocycles. The highest BCUT2D eigenvalue weighted by Crippen LogP contribution is 2.24. The molecular weight excluding hydrogens is 337 g/mol. The lowest BCUT2D eigenvalue weighted by atomic mass is 10.1. The number of hydrogen-bond acceptors (Lipinski definition) is 4. The van der Waals surface area contributed by atoms with Crippen LogP contribution in [0.5, 0.6) is 5.75 Å². The van der Waals surface area contributed by atoms with Gasteiger partial charge in [0.2, 0.25) is 5.91 Å². The largest absolute Gasteiger partial charge is 0.497 e. The highest BCUT2D eigenvalue weighted by Gasteiger charge is 2.17. The monoisotopic (exact) mass is 351 g/mol. The molecule has 0 saturated heterocycles. The zero-order chi connectivity index (χ0) is 17.7. The Morgan fingerprint density at radius 2 is 1.96 bits per heavy atom.